The van der Waals surface area contributed by atoms with Crippen LogP contribution in [0.15, 0.2) is 42.5 Å². The van der Waals surface area contributed by atoms with Gasteiger partial charge in [-0.2, -0.15) is 0 Å². The van der Waals surface area contributed by atoms with Crippen LogP contribution in [0.3, 0.4) is 0 Å². The van der Waals surface area contributed by atoms with Crippen molar-refractivity contribution in [2.75, 3.05) is 13.7 Å². The summed E-state index contributed by atoms with van der Waals surface area (Å²) in [5.41, 5.74) is 5.66. The maximum atomic E-state index is 5.45. The molecule has 0 bridgehead atoms. The van der Waals surface area contributed by atoms with Crippen LogP contribution in [0.4, 0.5) is 0 Å². The van der Waals surface area contributed by atoms with E-state index in [2.05, 4.69) is 35.6 Å². The van der Waals surface area contributed by atoms with Crippen LogP contribution < -0.4 is 10.1 Å². The van der Waals surface area contributed by atoms with Crippen molar-refractivity contribution in [3.05, 3.63) is 64.7 Å². The van der Waals surface area contributed by atoms with Gasteiger partial charge in [-0.3, -0.25) is 0 Å². The minimum atomic E-state index is 0.952. The average Bonchev–Trinajstić information content (AvgIpc) is 2.48. The number of ether oxygens (including phenoxy) is 1. The number of benzene rings is 2. The molecule has 1 N–H and O–H groups in total. The monoisotopic (exact) mass is 253 g/mol. The van der Waals surface area contributed by atoms with Crippen LogP contribution in [0.1, 0.15) is 22.3 Å². The van der Waals surface area contributed by atoms with E-state index >= 15 is 0 Å². The molecule has 0 aromatic heterocycles. The zero-order valence-corrected chi connectivity index (χ0v) is 11.3. The van der Waals surface area contributed by atoms with Crippen molar-refractivity contribution in [3.8, 4) is 5.75 Å². The number of hydrogen-bond acceptors (Lipinski definition) is 2. The van der Waals surface area contributed by atoms with Crippen molar-refractivity contribution in [1.29, 1.82) is 0 Å². The largest absolute Gasteiger partial charge is 0.496 e. The standard InChI is InChI=1S/C17H19NO/c1-19-17-8-3-2-5-14(17)11-13-6-4-7-15-12-18-10-9-16(13)15/h2-8,18H,9-12H2,1H3. The summed E-state index contributed by atoms with van der Waals surface area (Å²) in [5.74, 6) is 0.981. The molecule has 1 aliphatic rings. The molecular weight excluding hydrogens is 234 g/mol. The molecule has 0 spiro atoms. The Morgan fingerprint density at radius 2 is 1.89 bits per heavy atom. The molecular formula is C17H19NO. The normalized spacial score (nSPS) is 13.9. The quantitative estimate of drug-likeness (QED) is 0.908. The lowest BCUT2D eigenvalue weighted by Gasteiger charge is -2.20. The lowest BCUT2D eigenvalue weighted by atomic mass is 9.91. The first-order valence-electron chi connectivity index (χ1n) is 6.81. The number of methoxy groups -OCH3 is 1. The number of para-hydroxylation sites is 1. The van der Waals surface area contributed by atoms with Crippen molar-refractivity contribution < 1.29 is 4.74 Å². The molecule has 3 rings (SSSR count). The van der Waals surface area contributed by atoms with Gasteiger partial charge in [0.05, 0.1) is 7.11 Å². The summed E-state index contributed by atoms with van der Waals surface area (Å²) in [6.07, 6.45) is 2.08. The molecule has 19 heavy (non-hydrogen) atoms. The first-order chi connectivity index (χ1) is 9.38. The zero-order valence-electron chi connectivity index (χ0n) is 11.3. The van der Waals surface area contributed by atoms with Gasteiger partial charge in [-0.15, -0.1) is 0 Å². The topological polar surface area (TPSA) is 21.3 Å². The van der Waals surface area contributed by atoms with E-state index in [0.717, 1.165) is 31.7 Å². The Morgan fingerprint density at radius 3 is 2.79 bits per heavy atom. The average molecular weight is 253 g/mol. The van der Waals surface area contributed by atoms with Gasteiger partial charge in [0.1, 0.15) is 5.75 Å². The van der Waals surface area contributed by atoms with Gasteiger partial charge in [-0.1, -0.05) is 36.4 Å². The van der Waals surface area contributed by atoms with Crippen LogP contribution in [0, 0.1) is 0 Å². The van der Waals surface area contributed by atoms with E-state index in [4.69, 9.17) is 4.74 Å². The second-order valence-electron chi connectivity index (χ2n) is 4.97. The van der Waals surface area contributed by atoms with Crippen molar-refractivity contribution in [2.45, 2.75) is 19.4 Å². The molecule has 2 aromatic carbocycles. The van der Waals surface area contributed by atoms with Gasteiger partial charge in [0, 0.05) is 13.0 Å². The third-order valence-corrected chi connectivity index (χ3v) is 3.81. The minimum absolute atomic E-state index is 0.952. The third kappa shape index (κ3) is 2.49. The molecule has 2 aromatic rings. The summed E-state index contributed by atoms with van der Waals surface area (Å²) in [6, 6.07) is 14.9. The third-order valence-electron chi connectivity index (χ3n) is 3.81. The van der Waals surface area contributed by atoms with Crippen LogP contribution in [0.2, 0.25) is 0 Å². The lowest BCUT2D eigenvalue weighted by molar-refractivity contribution is 0.410. The molecule has 0 saturated heterocycles. The molecule has 1 aliphatic heterocycles. The van der Waals surface area contributed by atoms with Crippen LogP contribution in [-0.2, 0) is 19.4 Å². The molecule has 0 radical (unpaired) electrons. The van der Waals surface area contributed by atoms with Gasteiger partial charge in [0.25, 0.3) is 0 Å². The maximum absolute atomic E-state index is 5.45. The smallest absolute Gasteiger partial charge is 0.122 e. The zero-order chi connectivity index (χ0) is 13.1. The fourth-order valence-electron chi connectivity index (χ4n) is 2.83. The lowest BCUT2D eigenvalue weighted by Crippen LogP contribution is -2.24. The molecule has 0 amide bonds. The Morgan fingerprint density at radius 1 is 1.05 bits per heavy atom. The molecule has 98 valence electrons. The Labute approximate surface area is 114 Å². The van der Waals surface area contributed by atoms with E-state index in [1.807, 2.05) is 12.1 Å². The minimum Gasteiger partial charge on any atom is -0.496 e. The molecule has 2 nitrogen and oxygen atoms in total. The van der Waals surface area contributed by atoms with Crippen molar-refractivity contribution >= 4 is 0 Å². The number of fused-ring (bicyclic) bond motifs is 1. The van der Waals surface area contributed by atoms with Crippen molar-refractivity contribution in [2.24, 2.45) is 0 Å². The maximum Gasteiger partial charge on any atom is 0.122 e. The highest BCUT2D eigenvalue weighted by atomic mass is 16.5. The van der Waals surface area contributed by atoms with E-state index in [1.54, 1.807) is 7.11 Å². The summed E-state index contributed by atoms with van der Waals surface area (Å²) in [4.78, 5) is 0. The van der Waals surface area contributed by atoms with Crippen LogP contribution in [0.5, 0.6) is 5.75 Å². The molecule has 0 aliphatic carbocycles. The predicted molar refractivity (Wildman–Crippen MR) is 77.7 cm³/mol. The second kappa shape index (κ2) is 5.45. The van der Waals surface area contributed by atoms with E-state index < -0.39 is 0 Å². The second-order valence-corrected chi connectivity index (χ2v) is 4.97. The molecule has 2 heteroatoms. The first kappa shape index (κ1) is 12.2. The Balaban J connectivity index is 1.95. The van der Waals surface area contributed by atoms with E-state index in [0.29, 0.717) is 0 Å². The predicted octanol–water partition coefficient (Wildman–Crippen LogP) is 2.93. The van der Waals surface area contributed by atoms with Crippen molar-refractivity contribution in [1.82, 2.24) is 5.32 Å². The van der Waals surface area contributed by atoms with Gasteiger partial charge < -0.3 is 10.1 Å². The Bertz CT molecular complexity index is 577. The molecule has 0 atom stereocenters. The summed E-state index contributed by atoms with van der Waals surface area (Å²) in [6.45, 7) is 2.07. The summed E-state index contributed by atoms with van der Waals surface area (Å²) in [5, 5.41) is 3.43. The van der Waals surface area contributed by atoms with Gasteiger partial charge in [-0.25, -0.2) is 0 Å². The van der Waals surface area contributed by atoms with Crippen molar-refractivity contribution in [3.63, 3.8) is 0 Å². The molecule has 0 unspecified atom stereocenters. The number of hydrogen-bond donors (Lipinski definition) is 1. The summed E-state index contributed by atoms with van der Waals surface area (Å²) in [7, 11) is 1.74. The molecule has 1 heterocycles. The van der Waals surface area contributed by atoms with Gasteiger partial charge in [0.15, 0.2) is 0 Å². The van der Waals surface area contributed by atoms with Gasteiger partial charge in [-0.05, 0) is 41.3 Å². The van der Waals surface area contributed by atoms with Crippen LogP contribution in [0.25, 0.3) is 0 Å². The highest BCUT2D eigenvalue weighted by Crippen LogP contribution is 2.25. The first-order valence-corrected chi connectivity index (χ1v) is 6.81. The van der Waals surface area contributed by atoms with Gasteiger partial charge >= 0.3 is 0 Å². The fourth-order valence-corrected chi connectivity index (χ4v) is 2.83. The van der Waals surface area contributed by atoms with E-state index in [-0.39, 0.29) is 0 Å². The van der Waals surface area contributed by atoms with Crippen LogP contribution >= 0.6 is 0 Å². The summed E-state index contributed by atoms with van der Waals surface area (Å²) >= 11 is 0. The Kier molecular flexibility index (Phi) is 3.51. The van der Waals surface area contributed by atoms with Gasteiger partial charge in [0.2, 0.25) is 0 Å². The van der Waals surface area contributed by atoms with E-state index in [9.17, 15) is 0 Å². The SMILES string of the molecule is COc1ccccc1Cc1cccc2c1CCNC2. The summed E-state index contributed by atoms with van der Waals surface area (Å²) < 4.78 is 5.45. The number of rotatable bonds is 3. The number of nitrogens with one attached hydrogen (secondary N) is 1. The highest BCUT2D eigenvalue weighted by Gasteiger charge is 2.13. The highest BCUT2D eigenvalue weighted by molar-refractivity contribution is 5.43. The molecule has 0 fully saturated rings. The Hall–Kier alpha value is -1.80. The van der Waals surface area contributed by atoms with Crippen LogP contribution in [-0.4, -0.2) is 13.7 Å². The fraction of sp³-hybridized carbons (Fsp3) is 0.294. The van der Waals surface area contributed by atoms with E-state index in [1.165, 1.54) is 22.3 Å². The molecule has 0 saturated carbocycles.